The number of carbonyl (C=O) groups excluding carboxylic acids is 1. The van der Waals surface area contributed by atoms with Crippen molar-refractivity contribution in [3.05, 3.63) is 0 Å². The number of ether oxygens (including phenoxy) is 1. The lowest BCUT2D eigenvalue weighted by Gasteiger charge is -2.23. The van der Waals surface area contributed by atoms with Crippen molar-refractivity contribution in [3.63, 3.8) is 0 Å². The van der Waals surface area contributed by atoms with Gasteiger partial charge in [-0.1, -0.05) is 0 Å². The average Bonchev–Trinajstić information content (AvgIpc) is 2.51. The Morgan fingerprint density at radius 1 is 1.53 bits per heavy atom. The molecular formula is C8H14O9. The molecule has 0 bridgehead atoms. The van der Waals surface area contributed by atoms with E-state index in [-0.39, 0.29) is 0 Å². The number of aliphatic hydroxyl groups excluding tert-OH is 4. The predicted octanol–water partition coefficient (Wildman–Crippen LogP) is -3.40. The van der Waals surface area contributed by atoms with Crippen molar-refractivity contribution < 1.29 is 44.8 Å². The molecule has 17 heavy (non-hydrogen) atoms. The van der Waals surface area contributed by atoms with Crippen LogP contribution in [0.1, 0.15) is 6.92 Å². The fraction of sp³-hybridized carbons (Fsp3) is 0.875. The zero-order valence-electron chi connectivity index (χ0n) is 8.89. The lowest BCUT2D eigenvalue weighted by molar-refractivity contribution is -0.487. The monoisotopic (exact) mass is 254 g/mol. The summed E-state index contributed by atoms with van der Waals surface area (Å²) in [6, 6.07) is 0. The van der Waals surface area contributed by atoms with Crippen LogP contribution in [0.25, 0.3) is 0 Å². The Kier molecular flexibility index (Phi) is 4.38. The Morgan fingerprint density at radius 2 is 2.12 bits per heavy atom. The van der Waals surface area contributed by atoms with Gasteiger partial charge in [0.15, 0.2) is 6.10 Å². The van der Waals surface area contributed by atoms with Crippen LogP contribution in [-0.4, -0.2) is 68.5 Å². The second kappa shape index (κ2) is 5.23. The molecule has 0 aromatic rings. The molecule has 9 nitrogen and oxygen atoms in total. The molecule has 0 aromatic carbocycles. The van der Waals surface area contributed by atoms with Gasteiger partial charge in [-0.3, -0.25) is 4.89 Å². The van der Waals surface area contributed by atoms with E-state index in [1.807, 2.05) is 0 Å². The van der Waals surface area contributed by atoms with E-state index >= 15 is 0 Å². The molecule has 1 aliphatic heterocycles. The third kappa shape index (κ3) is 2.90. The number of aliphatic hydroxyl groups is 5. The van der Waals surface area contributed by atoms with Gasteiger partial charge in [-0.05, 0) is 0 Å². The molecule has 5 atom stereocenters. The highest BCUT2D eigenvalue weighted by Gasteiger charge is 2.58. The maximum Gasteiger partial charge on any atom is 0.350 e. The molecule has 100 valence electrons. The van der Waals surface area contributed by atoms with E-state index in [9.17, 15) is 25.2 Å². The van der Waals surface area contributed by atoms with E-state index in [0.29, 0.717) is 0 Å². The van der Waals surface area contributed by atoms with E-state index in [1.54, 1.807) is 0 Å². The lowest BCUT2D eigenvalue weighted by Crippen LogP contribution is -2.45. The third-order valence-electron chi connectivity index (χ3n) is 2.18. The summed E-state index contributed by atoms with van der Waals surface area (Å²) >= 11 is 0. The van der Waals surface area contributed by atoms with Gasteiger partial charge in [0.25, 0.3) is 0 Å². The highest BCUT2D eigenvalue weighted by molar-refractivity contribution is 5.65. The lowest BCUT2D eigenvalue weighted by atomic mass is 10.1. The Hall–Kier alpha value is -0.810. The Balaban J connectivity index is 2.72. The molecule has 0 aromatic heterocycles. The Labute approximate surface area is 95.7 Å². The first-order valence-corrected chi connectivity index (χ1v) is 4.73. The molecule has 0 saturated carbocycles. The van der Waals surface area contributed by atoms with Gasteiger partial charge in [0, 0.05) is 6.92 Å². The summed E-state index contributed by atoms with van der Waals surface area (Å²) in [6.45, 7) is 0.208. The van der Waals surface area contributed by atoms with Gasteiger partial charge >= 0.3 is 11.9 Å². The van der Waals surface area contributed by atoms with E-state index in [4.69, 9.17) is 5.11 Å². The van der Waals surface area contributed by atoms with Crippen LogP contribution in [0.4, 0.5) is 0 Å². The SMILES string of the molecule is CC(=O)OO[C@@]1(O)O[C@H]([C@@H](O)CO)[C@H](O)[C@H]1O. The van der Waals surface area contributed by atoms with Crippen molar-refractivity contribution in [2.75, 3.05) is 6.61 Å². The minimum Gasteiger partial charge on any atom is -0.394 e. The molecule has 1 fully saturated rings. The standard InChI is InChI=1S/C8H14O9/c1-3(10)16-17-8(14)7(13)5(12)6(15-8)4(11)2-9/h4-7,9,11-14H,2H2,1H3/t4-,5-,6+,7+,8-/m0/s1. The maximum absolute atomic E-state index is 10.5. The van der Waals surface area contributed by atoms with Crippen LogP contribution in [0.2, 0.25) is 0 Å². The first kappa shape index (κ1) is 14.3. The van der Waals surface area contributed by atoms with Crippen LogP contribution < -0.4 is 0 Å². The Morgan fingerprint density at radius 3 is 2.59 bits per heavy atom. The highest BCUT2D eigenvalue weighted by atomic mass is 17.3. The van der Waals surface area contributed by atoms with E-state index in [2.05, 4.69) is 14.5 Å². The molecule has 5 N–H and O–H groups in total. The Bertz CT molecular complexity index is 282. The van der Waals surface area contributed by atoms with Gasteiger partial charge in [0.1, 0.15) is 18.3 Å². The number of hydrogen-bond donors (Lipinski definition) is 5. The third-order valence-corrected chi connectivity index (χ3v) is 2.18. The predicted molar refractivity (Wildman–Crippen MR) is 47.8 cm³/mol. The molecule has 1 aliphatic rings. The van der Waals surface area contributed by atoms with Crippen molar-refractivity contribution in [3.8, 4) is 0 Å². The molecular weight excluding hydrogens is 240 g/mol. The first-order chi connectivity index (χ1) is 7.81. The van der Waals surface area contributed by atoms with E-state index in [0.717, 1.165) is 6.92 Å². The maximum atomic E-state index is 10.5. The fourth-order valence-electron chi connectivity index (χ4n) is 1.33. The number of rotatable bonds is 4. The van der Waals surface area contributed by atoms with E-state index < -0.39 is 43.0 Å². The highest BCUT2D eigenvalue weighted by Crippen LogP contribution is 2.32. The van der Waals surface area contributed by atoms with Crippen molar-refractivity contribution in [2.45, 2.75) is 37.3 Å². The molecule has 1 saturated heterocycles. The van der Waals surface area contributed by atoms with Gasteiger partial charge in [-0.25, -0.2) is 4.79 Å². The molecule has 0 amide bonds. The van der Waals surface area contributed by atoms with Crippen LogP contribution in [-0.2, 0) is 19.3 Å². The van der Waals surface area contributed by atoms with Crippen molar-refractivity contribution in [1.82, 2.24) is 0 Å². The topological polar surface area (TPSA) is 146 Å². The minimum atomic E-state index is -2.80. The molecule has 9 heteroatoms. The van der Waals surface area contributed by atoms with Crippen LogP contribution in [0.5, 0.6) is 0 Å². The van der Waals surface area contributed by atoms with Gasteiger partial charge < -0.3 is 30.3 Å². The summed E-state index contributed by atoms with van der Waals surface area (Å²) in [5.74, 6) is -3.72. The summed E-state index contributed by atoms with van der Waals surface area (Å²) < 4.78 is 4.62. The zero-order valence-corrected chi connectivity index (χ0v) is 8.89. The first-order valence-electron chi connectivity index (χ1n) is 4.73. The molecule has 0 spiro atoms. The van der Waals surface area contributed by atoms with Crippen molar-refractivity contribution in [2.24, 2.45) is 0 Å². The quantitative estimate of drug-likeness (QED) is 0.197. The van der Waals surface area contributed by atoms with Crippen LogP contribution in [0, 0.1) is 0 Å². The summed E-state index contributed by atoms with van der Waals surface area (Å²) in [6.07, 6.45) is -6.74. The molecule has 0 aliphatic carbocycles. The smallest absolute Gasteiger partial charge is 0.350 e. The zero-order chi connectivity index (χ0) is 13.2. The van der Waals surface area contributed by atoms with Crippen molar-refractivity contribution in [1.29, 1.82) is 0 Å². The largest absolute Gasteiger partial charge is 0.394 e. The number of hydrogen-bond acceptors (Lipinski definition) is 9. The van der Waals surface area contributed by atoms with Gasteiger partial charge in [-0.2, -0.15) is 0 Å². The second-order valence-electron chi connectivity index (χ2n) is 3.56. The van der Waals surface area contributed by atoms with Crippen LogP contribution >= 0.6 is 0 Å². The van der Waals surface area contributed by atoms with E-state index in [1.165, 1.54) is 0 Å². The molecule has 1 rings (SSSR count). The van der Waals surface area contributed by atoms with Gasteiger partial charge in [-0.15, -0.1) is 4.89 Å². The fourth-order valence-corrected chi connectivity index (χ4v) is 1.33. The molecule has 1 heterocycles. The summed E-state index contributed by atoms with van der Waals surface area (Å²) in [4.78, 5) is 18.6. The van der Waals surface area contributed by atoms with Crippen molar-refractivity contribution >= 4 is 5.97 Å². The van der Waals surface area contributed by atoms with Crippen LogP contribution in [0.15, 0.2) is 0 Å². The molecule has 0 unspecified atom stereocenters. The molecule has 0 radical (unpaired) electrons. The summed E-state index contributed by atoms with van der Waals surface area (Å²) in [5.41, 5.74) is 0. The summed E-state index contributed by atoms with van der Waals surface area (Å²) in [7, 11) is 0. The normalized spacial score (nSPS) is 39.1. The summed E-state index contributed by atoms with van der Waals surface area (Å²) in [5, 5.41) is 46.3. The minimum absolute atomic E-state index is 0.766. The number of carbonyl (C=O) groups is 1. The average molecular weight is 254 g/mol. The van der Waals surface area contributed by atoms with Crippen LogP contribution in [0.3, 0.4) is 0 Å². The van der Waals surface area contributed by atoms with Gasteiger partial charge in [0.2, 0.25) is 0 Å². The van der Waals surface area contributed by atoms with Gasteiger partial charge in [0.05, 0.1) is 6.61 Å². The second-order valence-corrected chi connectivity index (χ2v) is 3.56.